The number of carbonyl (C=O) groups is 2. The number of urea groups is 1. The van der Waals surface area contributed by atoms with Crippen LogP contribution >= 0.6 is 11.3 Å². The summed E-state index contributed by atoms with van der Waals surface area (Å²) in [6, 6.07) is 14.9. The van der Waals surface area contributed by atoms with Crippen LogP contribution in [0, 0.1) is 0 Å². The number of amides is 3. The van der Waals surface area contributed by atoms with E-state index >= 15 is 0 Å². The van der Waals surface area contributed by atoms with Crippen LogP contribution in [0.1, 0.15) is 34.5 Å². The summed E-state index contributed by atoms with van der Waals surface area (Å²) in [6.07, 6.45) is 3.64. The van der Waals surface area contributed by atoms with Crippen molar-refractivity contribution >= 4 is 23.3 Å². The number of nitrogens with two attached hydrogens (primary N) is 1. The molecule has 2 aliphatic heterocycles. The number of hydroxylamine groups is 2. The maximum Gasteiger partial charge on any atom is 0.345 e. The standard InChI is InChI=1S/C22H20N4O3S/c23-20(27)10-17-21-16(9-19(30-21)15-7-4-8-24-11-15)18-12-25(17)22(28)26(18)29-13-14-5-2-1-3-6-14/h1-9,11,17-18H,10,12-13H2,(H2,23,27)/t17-,18-/m1/s1. The number of benzene rings is 1. The van der Waals surface area contributed by atoms with Gasteiger partial charge in [-0.2, -0.15) is 5.06 Å². The Morgan fingerprint density at radius 2 is 2.07 bits per heavy atom. The Hall–Kier alpha value is -3.23. The smallest absolute Gasteiger partial charge is 0.345 e. The Morgan fingerprint density at radius 3 is 2.80 bits per heavy atom. The monoisotopic (exact) mass is 420 g/mol. The SMILES string of the molecule is NC(=O)C[C@@H]1c2sc(-c3cccnc3)cc2[C@H]2CN1C(=O)N2OCc1ccccc1. The second-order valence-corrected chi connectivity index (χ2v) is 8.48. The first kappa shape index (κ1) is 18.8. The molecule has 3 aromatic rings. The molecule has 2 N–H and O–H groups in total. The van der Waals surface area contributed by atoms with Gasteiger partial charge in [-0.1, -0.05) is 36.4 Å². The summed E-state index contributed by atoms with van der Waals surface area (Å²) in [5, 5.41) is 1.45. The molecule has 2 aliphatic rings. The van der Waals surface area contributed by atoms with Crippen molar-refractivity contribution < 1.29 is 14.4 Å². The van der Waals surface area contributed by atoms with Crippen LogP contribution in [-0.2, 0) is 16.2 Å². The number of aromatic nitrogens is 1. The molecule has 0 spiro atoms. The van der Waals surface area contributed by atoms with Gasteiger partial charge in [-0.3, -0.25) is 14.6 Å². The van der Waals surface area contributed by atoms with Gasteiger partial charge in [-0.05, 0) is 23.3 Å². The second-order valence-electron chi connectivity index (χ2n) is 7.39. The lowest BCUT2D eigenvalue weighted by Gasteiger charge is -2.29. The molecule has 152 valence electrons. The van der Waals surface area contributed by atoms with Gasteiger partial charge < -0.3 is 10.6 Å². The number of nitrogens with zero attached hydrogens (tertiary/aromatic N) is 3. The van der Waals surface area contributed by atoms with Gasteiger partial charge in [-0.25, -0.2) is 4.79 Å². The maximum atomic E-state index is 13.1. The van der Waals surface area contributed by atoms with Crippen molar-refractivity contribution in [3.63, 3.8) is 0 Å². The Balaban J connectivity index is 1.50. The molecule has 1 saturated heterocycles. The number of rotatable bonds is 6. The third-order valence-corrected chi connectivity index (χ3v) is 6.77. The van der Waals surface area contributed by atoms with Gasteiger partial charge in [0.1, 0.15) is 12.6 Å². The van der Waals surface area contributed by atoms with Crippen molar-refractivity contribution in [2.75, 3.05) is 6.54 Å². The van der Waals surface area contributed by atoms with E-state index in [4.69, 9.17) is 10.6 Å². The lowest BCUT2D eigenvalue weighted by molar-refractivity contribution is -0.141. The van der Waals surface area contributed by atoms with E-state index in [0.717, 1.165) is 26.4 Å². The van der Waals surface area contributed by atoms with E-state index in [1.54, 1.807) is 22.4 Å². The van der Waals surface area contributed by atoms with Gasteiger partial charge >= 0.3 is 6.03 Å². The number of primary amides is 1. The summed E-state index contributed by atoms with van der Waals surface area (Å²) in [7, 11) is 0. The fourth-order valence-corrected chi connectivity index (χ4v) is 5.39. The number of carbonyl (C=O) groups excluding carboxylic acids is 2. The molecule has 4 heterocycles. The van der Waals surface area contributed by atoms with Crippen molar-refractivity contribution in [3.05, 3.63) is 76.9 Å². The van der Waals surface area contributed by atoms with Gasteiger partial charge in [0.2, 0.25) is 5.91 Å². The van der Waals surface area contributed by atoms with Crippen molar-refractivity contribution in [1.29, 1.82) is 0 Å². The number of hydrogen-bond donors (Lipinski definition) is 1. The zero-order valence-electron chi connectivity index (χ0n) is 16.1. The lowest BCUT2D eigenvalue weighted by Crippen LogP contribution is -2.36. The van der Waals surface area contributed by atoms with Gasteiger partial charge in [0.25, 0.3) is 0 Å². The summed E-state index contributed by atoms with van der Waals surface area (Å²) in [5.41, 5.74) is 8.52. The van der Waals surface area contributed by atoms with Gasteiger partial charge in [0.15, 0.2) is 0 Å². The minimum absolute atomic E-state index is 0.0883. The van der Waals surface area contributed by atoms with Crippen molar-refractivity contribution in [2.24, 2.45) is 5.73 Å². The van der Waals surface area contributed by atoms with E-state index < -0.39 is 5.91 Å². The molecule has 8 heteroatoms. The van der Waals surface area contributed by atoms with Crippen LogP contribution in [0.2, 0.25) is 0 Å². The summed E-state index contributed by atoms with van der Waals surface area (Å²) in [4.78, 5) is 38.8. The third kappa shape index (κ3) is 3.24. The first-order valence-corrected chi connectivity index (χ1v) is 10.5. The Bertz CT molecular complexity index is 1090. The van der Waals surface area contributed by atoms with Crippen LogP contribution in [0.15, 0.2) is 60.9 Å². The predicted octanol–water partition coefficient (Wildman–Crippen LogP) is 3.65. The minimum Gasteiger partial charge on any atom is -0.370 e. The quantitative estimate of drug-likeness (QED) is 0.659. The summed E-state index contributed by atoms with van der Waals surface area (Å²) < 4.78 is 0. The molecule has 5 rings (SSSR count). The molecule has 2 bridgehead atoms. The highest BCUT2D eigenvalue weighted by Gasteiger charge is 2.50. The molecule has 0 radical (unpaired) electrons. The van der Waals surface area contributed by atoms with Crippen LogP contribution in [0.25, 0.3) is 10.4 Å². The molecular weight excluding hydrogens is 400 g/mol. The highest BCUT2D eigenvalue weighted by molar-refractivity contribution is 7.15. The maximum absolute atomic E-state index is 13.1. The summed E-state index contributed by atoms with van der Waals surface area (Å²) >= 11 is 1.58. The molecule has 3 amide bonds. The Kier molecular flexibility index (Phi) is 4.72. The van der Waals surface area contributed by atoms with Crippen LogP contribution in [-0.4, -0.2) is 33.4 Å². The van der Waals surface area contributed by atoms with E-state index in [1.807, 2.05) is 48.7 Å². The van der Waals surface area contributed by atoms with E-state index in [-0.39, 0.29) is 24.5 Å². The fourth-order valence-electron chi connectivity index (χ4n) is 4.07. The minimum atomic E-state index is -0.433. The van der Waals surface area contributed by atoms with Crippen molar-refractivity contribution in [3.8, 4) is 10.4 Å². The number of hydrogen-bond acceptors (Lipinski definition) is 5. The first-order chi connectivity index (χ1) is 14.6. The molecular formula is C22H20N4O3S. The van der Waals surface area contributed by atoms with Gasteiger partial charge in [0, 0.05) is 27.7 Å². The molecule has 2 atom stereocenters. The molecule has 30 heavy (non-hydrogen) atoms. The van der Waals surface area contributed by atoms with E-state index in [9.17, 15) is 9.59 Å². The average molecular weight is 420 g/mol. The van der Waals surface area contributed by atoms with E-state index in [0.29, 0.717) is 13.2 Å². The van der Waals surface area contributed by atoms with Gasteiger partial charge in [0.05, 0.1) is 19.0 Å². The third-order valence-electron chi connectivity index (χ3n) is 5.47. The highest BCUT2D eigenvalue weighted by Crippen LogP contribution is 2.50. The predicted molar refractivity (Wildman–Crippen MR) is 112 cm³/mol. The van der Waals surface area contributed by atoms with Gasteiger partial charge in [-0.15, -0.1) is 11.3 Å². The second kappa shape index (κ2) is 7.55. The summed E-state index contributed by atoms with van der Waals surface area (Å²) in [6.45, 7) is 0.772. The molecule has 0 saturated carbocycles. The molecule has 2 aromatic heterocycles. The van der Waals surface area contributed by atoms with E-state index in [1.165, 1.54) is 5.06 Å². The van der Waals surface area contributed by atoms with Crippen molar-refractivity contribution in [2.45, 2.75) is 25.1 Å². The molecule has 0 unspecified atom stereocenters. The lowest BCUT2D eigenvalue weighted by atomic mass is 9.96. The van der Waals surface area contributed by atoms with Crippen LogP contribution in [0.5, 0.6) is 0 Å². The van der Waals surface area contributed by atoms with Crippen molar-refractivity contribution in [1.82, 2.24) is 14.9 Å². The molecule has 0 aliphatic carbocycles. The van der Waals surface area contributed by atoms with Crippen LogP contribution in [0.3, 0.4) is 0 Å². The number of pyridine rings is 1. The normalized spacial score (nSPS) is 19.8. The zero-order valence-corrected chi connectivity index (χ0v) is 16.9. The number of thiophene rings is 1. The molecule has 1 fully saturated rings. The summed E-state index contributed by atoms with van der Waals surface area (Å²) in [5.74, 6) is -0.433. The topological polar surface area (TPSA) is 88.8 Å². The zero-order chi connectivity index (χ0) is 20.7. The fraction of sp³-hybridized carbons (Fsp3) is 0.227. The number of fused-ring (bicyclic) bond motifs is 4. The highest BCUT2D eigenvalue weighted by atomic mass is 32.1. The first-order valence-electron chi connectivity index (χ1n) is 9.71. The largest absolute Gasteiger partial charge is 0.370 e. The van der Waals surface area contributed by atoms with E-state index in [2.05, 4.69) is 11.1 Å². The van der Waals surface area contributed by atoms with Crippen LogP contribution < -0.4 is 5.73 Å². The molecule has 1 aromatic carbocycles. The average Bonchev–Trinajstić information content (AvgIpc) is 3.32. The van der Waals surface area contributed by atoms with Crippen LogP contribution in [0.4, 0.5) is 4.79 Å². The Morgan fingerprint density at radius 1 is 1.23 bits per heavy atom. The Labute approximate surface area is 177 Å². The molecule has 7 nitrogen and oxygen atoms in total.